The first kappa shape index (κ1) is 24.7. The van der Waals surface area contributed by atoms with Crippen molar-refractivity contribution in [2.45, 2.75) is 58.9 Å². The first-order valence-corrected chi connectivity index (χ1v) is 11.3. The SMILES string of the molecule is COC(=O)CCCC(=O)N(c1cc(F)nc(F)c1)c1nc(C(=O)NC2CCC2(C)C)c(C)s1. The van der Waals surface area contributed by atoms with Crippen LogP contribution in [0.2, 0.25) is 0 Å². The number of esters is 1. The van der Waals surface area contributed by atoms with Gasteiger partial charge < -0.3 is 10.1 Å². The van der Waals surface area contributed by atoms with Crippen LogP contribution >= 0.6 is 11.3 Å². The number of ether oxygens (including phenoxy) is 1. The molecule has 3 rings (SSSR count). The van der Waals surface area contributed by atoms with Gasteiger partial charge in [-0.2, -0.15) is 13.8 Å². The van der Waals surface area contributed by atoms with Gasteiger partial charge in [-0.1, -0.05) is 13.8 Å². The lowest BCUT2D eigenvalue weighted by Gasteiger charge is -2.44. The summed E-state index contributed by atoms with van der Waals surface area (Å²) in [6, 6.07) is 1.84. The second kappa shape index (κ2) is 9.90. The molecule has 0 radical (unpaired) electrons. The predicted octanol–water partition coefficient (Wildman–Crippen LogP) is 4.05. The van der Waals surface area contributed by atoms with E-state index in [4.69, 9.17) is 0 Å². The maximum absolute atomic E-state index is 13.8. The van der Waals surface area contributed by atoms with Crippen molar-refractivity contribution in [3.8, 4) is 0 Å². The van der Waals surface area contributed by atoms with Gasteiger partial charge in [-0.25, -0.2) is 4.98 Å². The molecule has 2 heterocycles. The molecule has 33 heavy (non-hydrogen) atoms. The lowest BCUT2D eigenvalue weighted by Crippen LogP contribution is -2.52. The van der Waals surface area contributed by atoms with E-state index in [1.165, 1.54) is 7.11 Å². The van der Waals surface area contributed by atoms with Crippen LogP contribution in [0.15, 0.2) is 12.1 Å². The summed E-state index contributed by atoms with van der Waals surface area (Å²) >= 11 is 1.06. The van der Waals surface area contributed by atoms with Crippen LogP contribution in [-0.4, -0.2) is 40.9 Å². The average Bonchev–Trinajstić information content (AvgIpc) is 3.11. The van der Waals surface area contributed by atoms with Gasteiger partial charge in [0.2, 0.25) is 17.8 Å². The number of methoxy groups -OCH3 is 1. The molecule has 1 atom stereocenters. The number of carbonyl (C=O) groups is 3. The summed E-state index contributed by atoms with van der Waals surface area (Å²) in [4.78, 5) is 46.2. The number of anilines is 2. The van der Waals surface area contributed by atoms with Crippen LogP contribution in [0.3, 0.4) is 0 Å². The molecule has 0 aromatic carbocycles. The number of nitrogens with zero attached hydrogens (tertiary/aromatic N) is 3. The van der Waals surface area contributed by atoms with Gasteiger partial charge in [0.25, 0.3) is 5.91 Å². The molecule has 1 fully saturated rings. The van der Waals surface area contributed by atoms with Crippen molar-refractivity contribution in [1.82, 2.24) is 15.3 Å². The van der Waals surface area contributed by atoms with E-state index < -0.39 is 23.8 Å². The third kappa shape index (κ3) is 5.70. The molecule has 1 unspecified atom stereocenters. The Kier molecular flexibility index (Phi) is 7.41. The molecule has 0 spiro atoms. The molecule has 1 aliphatic carbocycles. The molecule has 1 N–H and O–H groups in total. The highest BCUT2D eigenvalue weighted by Crippen LogP contribution is 2.40. The van der Waals surface area contributed by atoms with E-state index in [9.17, 15) is 23.2 Å². The fourth-order valence-corrected chi connectivity index (χ4v) is 4.53. The van der Waals surface area contributed by atoms with Gasteiger partial charge in [-0.05, 0) is 31.6 Å². The summed E-state index contributed by atoms with van der Waals surface area (Å²) in [5, 5.41) is 3.07. The maximum Gasteiger partial charge on any atom is 0.305 e. The average molecular weight is 481 g/mol. The zero-order valence-corrected chi connectivity index (χ0v) is 19.7. The number of pyridine rings is 1. The van der Waals surface area contributed by atoms with E-state index in [0.717, 1.165) is 41.2 Å². The minimum atomic E-state index is -1.10. The standard InChI is InChI=1S/C22H26F2N4O4S/c1-12-19(20(31)25-14-8-9-22(14,2)3)27-21(33-12)28(13-10-15(23)26-16(24)11-13)17(29)6-5-7-18(30)32-4/h10-11,14H,5-9H2,1-4H3,(H,25,31). The Balaban J connectivity index is 1.88. The molecule has 1 saturated carbocycles. The summed E-state index contributed by atoms with van der Waals surface area (Å²) in [5.74, 6) is -3.58. The maximum atomic E-state index is 13.8. The van der Waals surface area contributed by atoms with Crippen molar-refractivity contribution >= 4 is 39.9 Å². The van der Waals surface area contributed by atoms with Gasteiger partial charge in [0.1, 0.15) is 5.69 Å². The van der Waals surface area contributed by atoms with E-state index in [1.807, 2.05) is 0 Å². The number of aryl methyl sites for hydroxylation is 1. The normalized spacial score (nSPS) is 16.6. The second-order valence-electron chi connectivity index (χ2n) is 8.58. The number of rotatable bonds is 8. The minimum Gasteiger partial charge on any atom is -0.469 e. The first-order chi connectivity index (χ1) is 15.5. The Morgan fingerprint density at radius 3 is 2.42 bits per heavy atom. The van der Waals surface area contributed by atoms with Crippen molar-refractivity contribution in [3.63, 3.8) is 0 Å². The molecule has 2 aromatic heterocycles. The quantitative estimate of drug-likeness (QED) is 0.452. The van der Waals surface area contributed by atoms with Crippen molar-refractivity contribution in [2.75, 3.05) is 12.0 Å². The summed E-state index contributed by atoms with van der Waals surface area (Å²) in [6.45, 7) is 5.83. The number of hydrogen-bond acceptors (Lipinski definition) is 7. The number of carbonyl (C=O) groups excluding carboxylic acids is 3. The van der Waals surface area contributed by atoms with Gasteiger partial charge >= 0.3 is 5.97 Å². The number of aromatic nitrogens is 2. The largest absolute Gasteiger partial charge is 0.469 e. The number of thiazole rings is 1. The molecule has 0 aliphatic heterocycles. The van der Waals surface area contributed by atoms with E-state index in [2.05, 4.69) is 33.9 Å². The van der Waals surface area contributed by atoms with Crippen LogP contribution in [0.1, 0.15) is 61.3 Å². The Morgan fingerprint density at radius 1 is 1.21 bits per heavy atom. The third-order valence-electron chi connectivity index (χ3n) is 5.77. The van der Waals surface area contributed by atoms with Crippen LogP contribution in [0.5, 0.6) is 0 Å². The highest BCUT2D eigenvalue weighted by atomic mass is 32.1. The van der Waals surface area contributed by atoms with E-state index in [0.29, 0.717) is 4.88 Å². The zero-order chi connectivity index (χ0) is 24.3. The topological polar surface area (TPSA) is 101 Å². The molecule has 1 aliphatic rings. The van der Waals surface area contributed by atoms with Crippen LogP contribution in [0, 0.1) is 24.2 Å². The Hall–Kier alpha value is -2.95. The highest BCUT2D eigenvalue weighted by Gasteiger charge is 2.40. The third-order valence-corrected chi connectivity index (χ3v) is 6.73. The molecule has 11 heteroatoms. The van der Waals surface area contributed by atoms with Crippen molar-refractivity contribution in [1.29, 1.82) is 0 Å². The molecular weight excluding hydrogens is 454 g/mol. The van der Waals surface area contributed by atoms with E-state index >= 15 is 0 Å². The van der Waals surface area contributed by atoms with Gasteiger partial charge in [0.05, 0.1) is 12.8 Å². The molecule has 2 aromatic rings. The molecule has 0 saturated heterocycles. The molecule has 178 valence electrons. The second-order valence-corrected chi connectivity index (χ2v) is 9.77. The van der Waals surface area contributed by atoms with Crippen molar-refractivity contribution in [2.24, 2.45) is 5.41 Å². The van der Waals surface area contributed by atoms with E-state index in [1.54, 1.807) is 6.92 Å². The number of hydrogen-bond donors (Lipinski definition) is 1. The number of amides is 2. The zero-order valence-electron chi connectivity index (χ0n) is 18.9. The summed E-state index contributed by atoms with van der Waals surface area (Å²) < 4.78 is 32.2. The minimum absolute atomic E-state index is 0.00382. The summed E-state index contributed by atoms with van der Waals surface area (Å²) in [6.07, 6.45) is 1.96. The highest BCUT2D eigenvalue weighted by molar-refractivity contribution is 7.16. The predicted molar refractivity (Wildman–Crippen MR) is 118 cm³/mol. The molecule has 0 bridgehead atoms. The van der Waals surface area contributed by atoms with Gasteiger partial charge in [0, 0.05) is 35.9 Å². The summed E-state index contributed by atoms with van der Waals surface area (Å²) in [7, 11) is 1.24. The molecule has 8 nitrogen and oxygen atoms in total. The lowest BCUT2D eigenvalue weighted by atomic mass is 9.67. The molecular formula is C22H26F2N4O4S. The number of nitrogens with one attached hydrogen (secondary N) is 1. The van der Waals surface area contributed by atoms with Gasteiger partial charge in [0.15, 0.2) is 5.13 Å². The van der Waals surface area contributed by atoms with Crippen LogP contribution in [0.4, 0.5) is 19.6 Å². The Bertz CT molecular complexity index is 1050. The van der Waals surface area contributed by atoms with Crippen LogP contribution < -0.4 is 10.2 Å². The number of halogens is 2. The Labute approximate surface area is 194 Å². The summed E-state index contributed by atoms with van der Waals surface area (Å²) in [5.41, 5.74) is 0.0415. The van der Waals surface area contributed by atoms with Crippen molar-refractivity contribution in [3.05, 3.63) is 34.6 Å². The fraction of sp³-hybridized carbons (Fsp3) is 0.500. The van der Waals surface area contributed by atoms with Crippen LogP contribution in [-0.2, 0) is 14.3 Å². The van der Waals surface area contributed by atoms with E-state index in [-0.39, 0.29) is 53.1 Å². The lowest BCUT2D eigenvalue weighted by molar-refractivity contribution is -0.140. The van der Waals surface area contributed by atoms with Crippen LogP contribution in [0.25, 0.3) is 0 Å². The Morgan fingerprint density at radius 2 is 1.88 bits per heavy atom. The molecule has 2 amide bonds. The first-order valence-electron chi connectivity index (χ1n) is 10.5. The smallest absolute Gasteiger partial charge is 0.305 e. The monoisotopic (exact) mass is 480 g/mol. The van der Waals surface area contributed by atoms with Crippen molar-refractivity contribution < 1.29 is 27.9 Å². The van der Waals surface area contributed by atoms with Gasteiger partial charge in [-0.15, -0.1) is 11.3 Å². The fourth-order valence-electron chi connectivity index (χ4n) is 3.59. The van der Waals surface area contributed by atoms with Gasteiger partial charge in [-0.3, -0.25) is 19.3 Å².